The quantitative estimate of drug-likeness (QED) is 0.122. The Labute approximate surface area is 191 Å². The van der Waals surface area contributed by atoms with Crippen LogP contribution in [0.15, 0.2) is 0 Å². The van der Waals surface area contributed by atoms with Gasteiger partial charge in [-0.05, 0) is 25.7 Å². The summed E-state index contributed by atoms with van der Waals surface area (Å²) in [6, 6.07) is 0. The number of hydrogen-bond donors (Lipinski definition) is 0. The molecule has 2 heterocycles. The van der Waals surface area contributed by atoms with E-state index in [1.54, 1.807) is 0 Å². The molecule has 2 saturated heterocycles. The zero-order valence-corrected chi connectivity index (χ0v) is 21.3. The van der Waals surface area contributed by atoms with Crippen molar-refractivity contribution >= 4 is 23.5 Å². The average Bonchev–Trinajstić information content (AvgIpc) is 3.64. The lowest BCUT2D eigenvalue weighted by Gasteiger charge is -2.03. The van der Waals surface area contributed by atoms with Crippen molar-refractivity contribution in [1.82, 2.24) is 0 Å². The highest BCUT2D eigenvalue weighted by atomic mass is 32.2. The largest absolute Gasteiger partial charge is 0.381 e. The minimum atomic E-state index is 0.926. The molecule has 0 radical (unpaired) electrons. The summed E-state index contributed by atoms with van der Waals surface area (Å²) in [7, 11) is 0. The molecule has 0 aliphatic carbocycles. The van der Waals surface area contributed by atoms with Crippen LogP contribution < -0.4 is 0 Å². The van der Waals surface area contributed by atoms with E-state index in [0.717, 1.165) is 34.2 Å². The van der Waals surface area contributed by atoms with Crippen LogP contribution in [0.4, 0.5) is 0 Å². The van der Waals surface area contributed by atoms with Crippen LogP contribution in [-0.4, -0.2) is 34.2 Å². The molecule has 0 saturated carbocycles. The summed E-state index contributed by atoms with van der Waals surface area (Å²) in [5.41, 5.74) is 0. The molecule has 4 atom stereocenters. The van der Waals surface area contributed by atoms with E-state index in [1.165, 1.54) is 116 Å². The first-order valence-corrected chi connectivity index (χ1v) is 15.1. The van der Waals surface area contributed by atoms with Gasteiger partial charge in [-0.25, -0.2) is 0 Å². The Morgan fingerprint density at radius 2 is 0.793 bits per heavy atom. The lowest BCUT2D eigenvalue weighted by atomic mass is 10.1. The molecule has 2 aliphatic heterocycles. The van der Waals surface area contributed by atoms with Gasteiger partial charge in [-0.15, -0.1) is 0 Å². The van der Waals surface area contributed by atoms with Gasteiger partial charge in [0.05, 0.1) is 0 Å². The molecule has 0 aromatic carbocycles. The molecule has 0 bridgehead atoms. The van der Waals surface area contributed by atoms with Crippen LogP contribution in [0.5, 0.6) is 0 Å². The predicted octanol–water partition coefficient (Wildman–Crippen LogP) is 9.03. The van der Waals surface area contributed by atoms with Gasteiger partial charge in [-0.1, -0.05) is 104 Å². The molecule has 2 rings (SSSR count). The first-order valence-electron chi connectivity index (χ1n) is 13.2. The number of rotatable bonds is 22. The van der Waals surface area contributed by atoms with Crippen LogP contribution in [0.1, 0.15) is 129 Å². The molecule has 0 amide bonds. The van der Waals surface area contributed by atoms with Crippen molar-refractivity contribution in [3.8, 4) is 0 Å². The van der Waals surface area contributed by atoms with Crippen LogP contribution in [0.25, 0.3) is 0 Å². The third kappa shape index (κ3) is 13.6. The maximum Gasteiger partial charge on any atom is 0.0477 e. The van der Waals surface area contributed by atoms with Crippen LogP contribution in [0.3, 0.4) is 0 Å². The topological polar surface area (TPSA) is 9.23 Å². The monoisotopic (exact) mass is 442 g/mol. The standard InChI is InChI=1S/C26H50OS2/c1-3-5-7-9-11-13-15-17-23-25(28-23)19-21-27-22-20-26-24(29-26)18-16-14-12-10-8-6-4-2/h23-26H,3-22H2,1-2H3. The second-order valence-corrected chi connectivity index (χ2v) is 12.4. The summed E-state index contributed by atoms with van der Waals surface area (Å²) in [6.07, 6.45) is 25.7. The maximum atomic E-state index is 5.97. The highest BCUT2D eigenvalue weighted by molar-refractivity contribution is 8.07. The van der Waals surface area contributed by atoms with Crippen molar-refractivity contribution in [2.24, 2.45) is 0 Å². The Hall–Kier alpha value is 0.660. The minimum absolute atomic E-state index is 0.926. The summed E-state index contributed by atoms with van der Waals surface area (Å²) in [5, 5.41) is 3.80. The van der Waals surface area contributed by atoms with E-state index in [2.05, 4.69) is 37.4 Å². The molecule has 2 aliphatic rings. The SMILES string of the molecule is CCCCCCCCCC1SC1CCOCCC1SC1CCCCCCCCC. The van der Waals surface area contributed by atoms with Crippen molar-refractivity contribution < 1.29 is 4.74 Å². The van der Waals surface area contributed by atoms with Gasteiger partial charge in [-0.3, -0.25) is 0 Å². The third-order valence-corrected chi connectivity index (χ3v) is 9.68. The van der Waals surface area contributed by atoms with Crippen molar-refractivity contribution in [3.05, 3.63) is 0 Å². The Morgan fingerprint density at radius 1 is 0.448 bits per heavy atom. The second-order valence-electron chi connectivity index (χ2n) is 9.44. The van der Waals surface area contributed by atoms with E-state index >= 15 is 0 Å². The summed E-state index contributed by atoms with van der Waals surface area (Å²) in [5.74, 6) is 0. The number of hydrogen-bond acceptors (Lipinski definition) is 3. The molecule has 0 N–H and O–H groups in total. The highest BCUT2D eigenvalue weighted by Gasteiger charge is 2.38. The van der Waals surface area contributed by atoms with E-state index in [4.69, 9.17) is 4.74 Å². The Morgan fingerprint density at radius 3 is 1.21 bits per heavy atom. The smallest absolute Gasteiger partial charge is 0.0477 e. The first-order chi connectivity index (χ1) is 14.3. The summed E-state index contributed by atoms with van der Waals surface area (Å²) in [4.78, 5) is 0. The maximum absolute atomic E-state index is 5.97. The van der Waals surface area contributed by atoms with Gasteiger partial charge in [0.2, 0.25) is 0 Å². The number of ether oxygens (including phenoxy) is 1. The first kappa shape index (κ1) is 25.9. The minimum Gasteiger partial charge on any atom is -0.381 e. The van der Waals surface area contributed by atoms with E-state index in [1.807, 2.05) is 0 Å². The second kappa shape index (κ2) is 17.2. The molecule has 3 heteroatoms. The number of unbranched alkanes of at least 4 members (excludes halogenated alkanes) is 12. The Balaban J connectivity index is 1.27. The molecular formula is C26H50OS2. The lowest BCUT2D eigenvalue weighted by molar-refractivity contribution is 0.131. The fourth-order valence-corrected chi connectivity index (χ4v) is 6.81. The Kier molecular flexibility index (Phi) is 15.4. The highest BCUT2D eigenvalue weighted by Crippen LogP contribution is 2.47. The van der Waals surface area contributed by atoms with Gasteiger partial charge in [0.1, 0.15) is 0 Å². The van der Waals surface area contributed by atoms with Crippen molar-refractivity contribution in [1.29, 1.82) is 0 Å². The average molecular weight is 443 g/mol. The van der Waals surface area contributed by atoms with E-state index in [-0.39, 0.29) is 0 Å². The fourth-order valence-electron chi connectivity index (χ4n) is 4.48. The van der Waals surface area contributed by atoms with Gasteiger partial charge in [0.25, 0.3) is 0 Å². The van der Waals surface area contributed by atoms with Crippen LogP contribution >= 0.6 is 23.5 Å². The molecule has 0 aromatic rings. The van der Waals surface area contributed by atoms with Crippen LogP contribution in [-0.2, 0) is 4.74 Å². The van der Waals surface area contributed by atoms with E-state index in [0.29, 0.717) is 0 Å². The van der Waals surface area contributed by atoms with Crippen LogP contribution in [0.2, 0.25) is 0 Å². The lowest BCUT2D eigenvalue weighted by Crippen LogP contribution is -2.05. The Bertz CT molecular complexity index is 342. The van der Waals surface area contributed by atoms with E-state index in [9.17, 15) is 0 Å². The zero-order chi connectivity index (χ0) is 20.6. The normalized spacial score (nSPS) is 25.4. The molecule has 1 nitrogen and oxygen atoms in total. The molecule has 172 valence electrons. The summed E-state index contributed by atoms with van der Waals surface area (Å²) < 4.78 is 5.97. The fraction of sp³-hybridized carbons (Fsp3) is 1.00. The molecular weight excluding hydrogens is 392 g/mol. The van der Waals surface area contributed by atoms with Crippen molar-refractivity contribution in [2.45, 2.75) is 150 Å². The molecule has 4 unspecified atom stereocenters. The molecule has 29 heavy (non-hydrogen) atoms. The molecule has 0 spiro atoms. The molecule has 0 aromatic heterocycles. The van der Waals surface area contributed by atoms with E-state index < -0.39 is 0 Å². The van der Waals surface area contributed by atoms with Gasteiger partial charge in [0, 0.05) is 34.2 Å². The van der Waals surface area contributed by atoms with Gasteiger partial charge >= 0.3 is 0 Å². The molecule has 2 fully saturated rings. The van der Waals surface area contributed by atoms with Crippen molar-refractivity contribution in [3.63, 3.8) is 0 Å². The van der Waals surface area contributed by atoms with Gasteiger partial charge < -0.3 is 4.74 Å². The van der Waals surface area contributed by atoms with Crippen LogP contribution in [0, 0.1) is 0 Å². The van der Waals surface area contributed by atoms with Gasteiger partial charge in [-0.2, -0.15) is 23.5 Å². The van der Waals surface area contributed by atoms with Gasteiger partial charge in [0.15, 0.2) is 0 Å². The third-order valence-electron chi connectivity index (χ3n) is 6.65. The summed E-state index contributed by atoms with van der Waals surface area (Å²) >= 11 is 4.44. The number of thioether (sulfide) groups is 2. The summed E-state index contributed by atoms with van der Waals surface area (Å²) in [6.45, 7) is 6.61. The van der Waals surface area contributed by atoms with Crippen molar-refractivity contribution in [2.75, 3.05) is 13.2 Å². The zero-order valence-electron chi connectivity index (χ0n) is 19.7. The predicted molar refractivity (Wildman–Crippen MR) is 136 cm³/mol.